The molecule has 0 atom stereocenters. The van der Waals surface area contributed by atoms with Crippen molar-refractivity contribution in [3.05, 3.63) is 254 Å². The lowest BCUT2D eigenvalue weighted by Gasteiger charge is -2.09. The molecule has 0 radical (unpaired) electrons. The number of aryl methyl sites for hydroxylation is 12. The second-order valence-corrected chi connectivity index (χ2v) is 38.5. The lowest BCUT2D eigenvalue weighted by Crippen LogP contribution is -2.07. The Morgan fingerprint density at radius 1 is 0.351 bits per heavy atom. The van der Waals surface area contributed by atoms with Gasteiger partial charge in [-0.3, -0.25) is 19.2 Å². The van der Waals surface area contributed by atoms with Crippen LogP contribution in [0, 0.1) is 67.0 Å². The standard InChI is InChI=1S/2C23H18F4N2O3S2.2C23H19F3N2O3S2/c1-11-3-6-16-20(32-18(29-16)7-8-19(30)31)21(11)33-10-17-12(2)28-22(34-17)13-4-5-14(15(24)9-13)23(25,26)27;1-11-3-6-16-21(34-18(29-16)7-8-19(30)31)20(11)32-10-17-12(2)28-22(33-17)13-4-5-14(15(24)9-13)23(25,26)27;1-12-3-8-16-20(31-18(28-16)9-10-19(29)30)21(12)32-11-17-13(2)27-22(33-17)14-4-6-15(7-5-14)23(24,25)26;1-12-3-8-16-21(33-18(28-16)9-10-19(29)30)20(12)31-11-17-13(2)27-22(32-17)14-4-6-15(7-5-14)23(24,25)26/h2*3-6,9H,7-8,10H2,1-2H3,(H,30,31);2*3-8H,9-11H2,1-2H3,(H,29,30). The molecule has 0 saturated heterocycles. The molecule has 0 unspecified atom stereocenters. The first-order valence-electron chi connectivity index (χ1n) is 40.2. The highest BCUT2D eigenvalue weighted by atomic mass is 32.2. The van der Waals surface area contributed by atoms with E-state index in [0.29, 0.717) is 129 Å². The number of aromatic nitrogens is 8. The molecule has 8 heterocycles. The zero-order valence-corrected chi connectivity index (χ0v) is 77.9. The molecule has 700 valence electrons. The van der Waals surface area contributed by atoms with Crippen LogP contribution in [-0.2, 0) is 94.3 Å². The first-order valence-corrected chi connectivity index (χ1v) is 47.0. The number of thioether (sulfide) groups is 2. The average molecular weight is 2010 g/mol. The molecule has 0 amide bonds. The van der Waals surface area contributed by atoms with Crippen LogP contribution in [0.25, 0.3) is 84.9 Å². The summed E-state index contributed by atoms with van der Waals surface area (Å²) in [5, 5.41) is 39.2. The van der Waals surface area contributed by atoms with Crippen LogP contribution in [0.3, 0.4) is 0 Å². The predicted octanol–water partition coefficient (Wildman–Crippen LogP) is 27.4. The van der Waals surface area contributed by atoms with E-state index in [1.807, 2.05) is 90.1 Å². The summed E-state index contributed by atoms with van der Waals surface area (Å²) in [6.45, 7) is 15.4. The molecule has 16 rings (SSSR count). The minimum absolute atomic E-state index is 0.0115. The maximum Gasteiger partial charge on any atom is 0.419 e. The lowest BCUT2D eigenvalue weighted by molar-refractivity contribution is -0.140. The average Bonchev–Trinajstić information content (AvgIpc) is 1.63. The molecule has 0 bridgehead atoms. The van der Waals surface area contributed by atoms with Gasteiger partial charge < -0.3 is 38.7 Å². The number of halogens is 14. The Morgan fingerprint density at radius 2 is 0.657 bits per heavy atom. The monoisotopic (exact) mass is 2000 g/mol. The fraction of sp³-hybridized carbons (Fsp3) is 0.261. The second kappa shape index (κ2) is 42.0. The van der Waals surface area contributed by atoms with Gasteiger partial charge in [-0.15, -0.1) is 91.5 Å². The number of aliphatic carboxylic acids is 4. The Kier molecular flexibility index (Phi) is 31.2. The third-order valence-electron chi connectivity index (χ3n) is 20.1. The van der Waals surface area contributed by atoms with Crippen molar-refractivity contribution >= 4 is 158 Å². The Morgan fingerprint density at radius 3 is 0.985 bits per heavy atom. The summed E-state index contributed by atoms with van der Waals surface area (Å²) in [5.41, 5.74) is 8.50. The molecule has 42 heteroatoms. The van der Waals surface area contributed by atoms with Gasteiger partial charge in [0.2, 0.25) is 0 Å². The van der Waals surface area contributed by atoms with E-state index in [0.717, 1.165) is 125 Å². The molecular weight excluding hydrogens is 1930 g/mol. The number of alkyl halides is 12. The Balaban J connectivity index is 0.000000152. The third-order valence-corrected chi connectivity index (χ3v) is 30.0. The summed E-state index contributed by atoms with van der Waals surface area (Å²) in [6, 6.07) is 30.6. The third kappa shape index (κ3) is 24.8. The van der Waals surface area contributed by atoms with E-state index in [1.54, 1.807) is 25.6 Å². The highest BCUT2D eigenvalue weighted by Crippen LogP contribution is 2.46. The highest BCUT2D eigenvalue weighted by molar-refractivity contribution is 7.99. The second-order valence-electron chi connectivity index (χ2n) is 30.0. The molecule has 8 aromatic heterocycles. The number of oxazole rings is 2. The van der Waals surface area contributed by atoms with Gasteiger partial charge in [0.1, 0.15) is 67.4 Å². The number of benzene rings is 8. The van der Waals surface area contributed by atoms with Crippen LogP contribution >= 0.6 is 91.5 Å². The topological polar surface area (TPSA) is 297 Å². The van der Waals surface area contributed by atoms with E-state index in [9.17, 15) is 80.6 Å². The van der Waals surface area contributed by atoms with E-state index in [4.69, 9.17) is 38.7 Å². The molecule has 0 fully saturated rings. The summed E-state index contributed by atoms with van der Waals surface area (Å²) >= 11 is 11.2. The van der Waals surface area contributed by atoms with Gasteiger partial charge >= 0.3 is 48.6 Å². The Bertz CT molecular complexity index is 6620. The van der Waals surface area contributed by atoms with Crippen molar-refractivity contribution in [1.29, 1.82) is 0 Å². The van der Waals surface area contributed by atoms with Gasteiger partial charge in [-0.05, 0) is 150 Å². The van der Waals surface area contributed by atoms with Crippen molar-refractivity contribution in [3.63, 3.8) is 0 Å². The molecule has 0 saturated carbocycles. The number of thiazole rings is 6. The number of rotatable bonds is 28. The van der Waals surface area contributed by atoms with Crippen molar-refractivity contribution in [2.75, 3.05) is 0 Å². The van der Waals surface area contributed by atoms with Crippen molar-refractivity contribution in [2.24, 2.45) is 0 Å². The Labute approximate surface area is 785 Å². The molecular formula is C92H74F14N8O12S8. The van der Waals surface area contributed by atoms with Crippen LogP contribution in [0.4, 0.5) is 61.5 Å². The Hall–Kier alpha value is -11.8. The summed E-state index contributed by atoms with van der Waals surface area (Å²) in [6.07, 6.45) is -17.3. The first-order chi connectivity index (χ1) is 63.3. The first kappa shape index (κ1) is 99.7. The normalized spacial score (nSPS) is 11.9. The molecule has 0 aliphatic heterocycles. The molecule has 8 aromatic carbocycles. The van der Waals surface area contributed by atoms with Crippen LogP contribution in [0.1, 0.15) is 134 Å². The van der Waals surface area contributed by atoms with Gasteiger partial charge in [0.05, 0.1) is 121 Å². The van der Waals surface area contributed by atoms with Crippen LogP contribution in [0.5, 0.6) is 11.5 Å². The van der Waals surface area contributed by atoms with Gasteiger partial charge in [0, 0.05) is 69.2 Å². The number of nitrogens with zero attached hydrogens (tertiary/aromatic N) is 8. The number of carboxylic acids is 4. The summed E-state index contributed by atoms with van der Waals surface area (Å²) in [7, 11) is 0. The van der Waals surface area contributed by atoms with Crippen LogP contribution < -0.4 is 9.47 Å². The maximum absolute atomic E-state index is 14.0. The van der Waals surface area contributed by atoms with Crippen molar-refractivity contribution in [1.82, 2.24) is 39.9 Å². The fourth-order valence-electron chi connectivity index (χ4n) is 13.1. The quantitative estimate of drug-likeness (QED) is 0.0262. The van der Waals surface area contributed by atoms with E-state index in [2.05, 4.69) is 39.9 Å². The van der Waals surface area contributed by atoms with Crippen molar-refractivity contribution in [2.45, 2.75) is 166 Å². The maximum atomic E-state index is 14.0. The largest absolute Gasteiger partial charge is 0.486 e. The molecule has 0 spiro atoms. The van der Waals surface area contributed by atoms with E-state index in [1.165, 1.54) is 116 Å². The molecule has 134 heavy (non-hydrogen) atoms. The smallest absolute Gasteiger partial charge is 0.419 e. The number of hydrogen-bond acceptors (Lipinski definition) is 24. The van der Waals surface area contributed by atoms with E-state index >= 15 is 0 Å². The predicted molar refractivity (Wildman–Crippen MR) is 487 cm³/mol. The van der Waals surface area contributed by atoms with Gasteiger partial charge in [-0.2, -0.15) is 52.7 Å². The van der Waals surface area contributed by atoms with Crippen LogP contribution in [0.2, 0.25) is 0 Å². The number of ether oxygens (including phenoxy) is 2. The summed E-state index contributed by atoms with van der Waals surface area (Å²) in [5.74, 6) is -3.10. The molecule has 20 nitrogen and oxygen atoms in total. The number of hydrogen-bond donors (Lipinski definition) is 4. The van der Waals surface area contributed by atoms with Gasteiger partial charge in [-0.25, -0.2) is 48.7 Å². The minimum atomic E-state index is -4.76. The molecule has 4 N–H and O–H groups in total. The zero-order valence-electron chi connectivity index (χ0n) is 71.4. The lowest BCUT2D eigenvalue weighted by atomic mass is 10.1. The molecule has 16 aromatic rings. The van der Waals surface area contributed by atoms with Gasteiger partial charge in [0.15, 0.2) is 22.9 Å². The van der Waals surface area contributed by atoms with E-state index in [-0.39, 0.29) is 62.9 Å². The molecule has 0 aliphatic rings. The molecule has 0 aliphatic carbocycles. The van der Waals surface area contributed by atoms with Crippen molar-refractivity contribution in [3.8, 4) is 53.8 Å². The van der Waals surface area contributed by atoms with Gasteiger partial charge in [0.25, 0.3) is 0 Å². The SMILES string of the molecule is Cc1ccc2nc(CCC(=O)O)oc2c1SCc1sc(-c2ccc(C(F)(F)F)c(F)c2)nc1C.Cc1ccc2nc(CCC(=O)O)oc2c1SCc1sc(-c2ccc(C(F)(F)F)cc2)nc1C.Cc1ccc2nc(CCC(=O)O)sc2c1OCc1sc(-c2ccc(C(F)(F)F)c(F)c2)nc1C.Cc1ccc2nc(CCC(=O)O)sc2c1OCc1sc(-c2ccc(C(F)(F)F)cc2)nc1C. The van der Waals surface area contributed by atoms with Crippen LogP contribution in [0.15, 0.2) is 152 Å². The summed E-state index contributed by atoms with van der Waals surface area (Å²) in [4.78, 5) is 84.3. The van der Waals surface area contributed by atoms with Crippen molar-refractivity contribution < 1.29 is 119 Å². The number of carbonyl (C=O) groups is 4. The summed E-state index contributed by atoms with van der Waals surface area (Å²) < 4.78 is 208. The minimum Gasteiger partial charge on any atom is -0.486 e. The number of carboxylic acid groups (broad SMARTS) is 4. The van der Waals surface area contributed by atoms with Gasteiger partial charge in [-0.1, -0.05) is 60.7 Å². The highest BCUT2D eigenvalue weighted by Gasteiger charge is 2.37. The van der Waals surface area contributed by atoms with E-state index < -0.39 is 82.5 Å². The number of fused-ring (bicyclic) bond motifs is 4. The zero-order chi connectivity index (χ0) is 96.7. The van der Waals surface area contributed by atoms with Crippen LogP contribution in [-0.4, -0.2) is 84.2 Å². The fourth-order valence-corrected chi connectivity index (χ4v) is 21.9.